The molecule has 2 aromatic rings. The highest BCUT2D eigenvalue weighted by Gasteiger charge is 2.29. The molecule has 0 aliphatic heterocycles. The zero-order valence-electron chi connectivity index (χ0n) is 11.2. The van der Waals surface area contributed by atoms with Gasteiger partial charge < -0.3 is 4.74 Å². The topological polar surface area (TPSA) is 65.0 Å². The van der Waals surface area contributed by atoms with E-state index in [1.807, 2.05) is 12.1 Å². The number of hydrogen-bond acceptors (Lipinski definition) is 5. The Morgan fingerprint density at radius 1 is 1.35 bits per heavy atom. The van der Waals surface area contributed by atoms with E-state index >= 15 is 0 Å². The SMILES string of the molecule is COc1cc(C(=O)C2CCCc3cccnc32)ncn1. The maximum absolute atomic E-state index is 12.6. The average Bonchev–Trinajstić information content (AvgIpc) is 2.53. The number of hydrogen-bond donors (Lipinski definition) is 0. The third-order valence-corrected chi connectivity index (χ3v) is 3.62. The van der Waals surface area contributed by atoms with Crippen LogP contribution in [-0.2, 0) is 6.42 Å². The van der Waals surface area contributed by atoms with Crippen LogP contribution in [-0.4, -0.2) is 27.8 Å². The first kappa shape index (κ1) is 12.7. The molecule has 1 aliphatic rings. The highest BCUT2D eigenvalue weighted by Crippen LogP contribution is 2.32. The van der Waals surface area contributed by atoms with Gasteiger partial charge in [-0.15, -0.1) is 0 Å². The van der Waals surface area contributed by atoms with Crippen LogP contribution in [0.3, 0.4) is 0 Å². The van der Waals surface area contributed by atoms with E-state index in [9.17, 15) is 4.79 Å². The first-order chi connectivity index (χ1) is 9.79. The fraction of sp³-hybridized carbons (Fsp3) is 0.333. The summed E-state index contributed by atoms with van der Waals surface area (Å²) in [6, 6.07) is 5.54. The van der Waals surface area contributed by atoms with E-state index in [0.29, 0.717) is 11.6 Å². The van der Waals surface area contributed by atoms with Crippen molar-refractivity contribution in [2.45, 2.75) is 25.2 Å². The summed E-state index contributed by atoms with van der Waals surface area (Å²) in [5.74, 6) is 0.185. The van der Waals surface area contributed by atoms with Crippen LogP contribution in [0.1, 0.15) is 40.5 Å². The van der Waals surface area contributed by atoms with Gasteiger partial charge in [-0.2, -0.15) is 0 Å². The second kappa shape index (κ2) is 5.36. The Bertz CT molecular complexity index is 643. The number of ketones is 1. The van der Waals surface area contributed by atoms with Crippen LogP contribution in [0.15, 0.2) is 30.7 Å². The number of aromatic nitrogens is 3. The van der Waals surface area contributed by atoms with Crippen molar-refractivity contribution in [3.63, 3.8) is 0 Å². The van der Waals surface area contributed by atoms with Crippen LogP contribution in [0, 0.1) is 0 Å². The predicted octanol–water partition coefficient (Wildman–Crippen LogP) is 2.18. The van der Waals surface area contributed by atoms with E-state index in [-0.39, 0.29) is 11.7 Å². The Morgan fingerprint density at radius 3 is 3.10 bits per heavy atom. The number of Topliss-reactive ketones (excluding diaryl/α,β-unsaturated/α-hetero) is 1. The summed E-state index contributed by atoms with van der Waals surface area (Å²) >= 11 is 0. The summed E-state index contributed by atoms with van der Waals surface area (Å²) in [4.78, 5) is 25.0. The molecule has 0 N–H and O–H groups in total. The molecule has 0 fully saturated rings. The molecule has 1 aliphatic carbocycles. The van der Waals surface area contributed by atoms with Gasteiger partial charge in [0.2, 0.25) is 5.88 Å². The molecule has 1 atom stereocenters. The molecule has 0 aromatic carbocycles. The first-order valence-corrected chi connectivity index (χ1v) is 6.63. The Kier molecular flexibility index (Phi) is 3.41. The summed E-state index contributed by atoms with van der Waals surface area (Å²) in [5.41, 5.74) is 2.44. The lowest BCUT2D eigenvalue weighted by molar-refractivity contribution is 0.0943. The molecular weight excluding hydrogens is 254 g/mol. The highest BCUT2D eigenvalue weighted by atomic mass is 16.5. The molecule has 20 heavy (non-hydrogen) atoms. The van der Waals surface area contributed by atoms with E-state index in [1.54, 1.807) is 12.3 Å². The fourth-order valence-electron chi connectivity index (χ4n) is 2.63. The Balaban J connectivity index is 1.95. The van der Waals surface area contributed by atoms with Gasteiger partial charge in [-0.05, 0) is 30.9 Å². The van der Waals surface area contributed by atoms with Crippen molar-refractivity contribution in [1.82, 2.24) is 15.0 Å². The van der Waals surface area contributed by atoms with Crippen LogP contribution < -0.4 is 4.74 Å². The second-order valence-corrected chi connectivity index (χ2v) is 4.80. The maximum atomic E-state index is 12.6. The Labute approximate surface area is 117 Å². The fourth-order valence-corrected chi connectivity index (χ4v) is 2.63. The number of rotatable bonds is 3. The van der Waals surface area contributed by atoms with Crippen molar-refractivity contribution < 1.29 is 9.53 Å². The molecular formula is C15H15N3O2. The lowest BCUT2D eigenvalue weighted by Gasteiger charge is -2.22. The minimum absolute atomic E-state index is 0.00894. The van der Waals surface area contributed by atoms with Gasteiger partial charge in [0.05, 0.1) is 18.7 Å². The summed E-state index contributed by atoms with van der Waals surface area (Å²) in [6.45, 7) is 0. The van der Waals surface area contributed by atoms with Crippen LogP contribution >= 0.6 is 0 Å². The van der Waals surface area contributed by atoms with Crippen molar-refractivity contribution >= 4 is 5.78 Å². The molecule has 0 spiro atoms. The molecule has 3 rings (SSSR count). The standard InChI is InChI=1S/C15H15N3O2/c1-20-13-8-12(17-9-18-13)15(19)11-6-2-4-10-5-3-7-16-14(10)11/h3,5,7-9,11H,2,4,6H2,1H3. The monoisotopic (exact) mass is 269 g/mol. The van der Waals surface area contributed by atoms with E-state index in [0.717, 1.165) is 30.5 Å². The zero-order chi connectivity index (χ0) is 13.9. The van der Waals surface area contributed by atoms with Crippen LogP contribution in [0.25, 0.3) is 0 Å². The van der Waals surface area contributed by atoms with E-state index in [4.69, 9.17) is 4.74 Å². The summed E-state index contributed by atoms with van der Waals surface area (Å²) in [6.07, 6.45) is 5.89. The molecule has 102 valence electrons. The van der Waals surface area contributed by atoms with Crippen molar-refractivity contribution in [3.8, 4) is 5.88 Å². The van der Waals surface area contributed by atoms with Gasteiger partial charge in [0.15, 0.2) is 5.78 Å². The number of fused-ring (bicyclic) bond motifs is 1. The third kappa shape index (κ3) is 2.27. The largest absolute Gasteiger partial charge is 0.481 e. The zero-order valence-corrected chi connectivity index (χ0v) is 11.2. The smallest absolute Gasteiger partial charge is 0.216 e. The number of carbonyl (C=O) groups is 1. The first-order valence-electron chi connectivity index (χ1n) is 6.63. The van der Waals surface area contributed by atoms with E-state index in [2.05, 4.69) is 15.0 Å². The molecule has 1 unspecified atom stereocenters. The number of carbonyl (C=O) groups excluding carboxylic acids is 1. The van der Waals surface area contributed by atoms with Gasteiger partial charge in [0.25, 0.3) is 0 Å². The second-order valence-electron chi connectivity index (χ2n) is 4.80. The summed E-state index contributed by atoms with van der Waals surface area (Å²) < 4.78 is 5.04. The minimum Gasteiger partial charge on any atom is -0.481 e. The van der Waals surface area contributed by atoms with Crippen molar-refractivity contribution in [2.75, 3.05) is 7.11 Å². The molecule has 2 aromatic heterocycles. The molecule has 0 saturated heterocycles. The van der Waals surface area contributed by atoms with E-state index in [1.165, 1.54) is 13.4 Å². The van der Waals surface area contributed by atoms with Crippen LogP contribution in [0.2, 0.25) is 0 Å². The number of pyridine rings is 1. The van der Waals surface area contributed by atoms with Crippen LogP contribution in [0.4, 0.5) is 0 Å². The van der Waals surface area contributed by atoms with Gasteiger partial charge in [0, 0.05) is 12.3 Å². The van der Waals surface area contributed by atoms with E-state index < -0.39 is 0 Å². The molecule has 0 bridgehead atoms. The highest BCUT2D eigenvalue weighted by molar-refractivity contribution is 5.99. The van der Waals surface area contributed by atoms with Crippen molar-refractivity contribution in [3.05, 3.63) is 47.7 Å². The molecule has 0 amide bonds. The lowest BCUT2D eigenvalue weighted by Crippen LogP contribution is -2.21. The summed E-state index contributed by atoms with van der Waals surface area (Å²) in [5, 5.41) is 0. The van der Waals surface area contributed by atoms with Crippen molar-refractivity contribution in [2.24, 2.45) is 0 Å². The Morgan fingerprint density at radius 2 is 2.25 bits per heavy atom. The van der Waals surface area contributed by atoms with Crippen LogP contribution in [0.5, 0.6) is 5.88 Å². The van der Waals surface area contributed by atoms with Crippen molar-refractivity contribution in [1.29, 1.82) is 0 Å². The maximum Gasteiger partial charge on any atom is 0.216 e. The normalized spacial score (nSPS) is 17.4. The predicted molar refractivity (Wildman–Crippen MR) is 72.8 cm³/mol. The quantitative estimate of drug-likeness (QED) is 0.799. The lowest BCUT2D eigenvalue weighted by atomic mass is 9.83. The molecule has 2 heterocycles. The molecule has 5 nitrogen and oxygen atoms in total. The van der Waals surface area contributed by atoms with Gasteiger partial charge in [-0.3, -0.25) is 9.78 Å². The van der Waals surface area contributed by atoms with Gasteiger partial charge in [0.1, 0.15) is 12.0 Å². The average molecular weight is 269 g/mol. The van der Waals surface area contributed by atoms with Gasteiger partial charge in [-0.25, -0.2) is 9.97 Å². The number of methoxy groups -OCH3 is 1. The number of nitrogens with zero attached hydrogens (tertiary/aromatic N) is 3. The summed E-state index contributed by atoms with van der Waals surface area (Å²) in [7, 11) is 1.52. The Hall–Kier alpha value is -2.30. The number of ether oxygens (including phenoxy) is 1. The molecule has 0 saturated carbocycles. The molecule has 0 radical (unpaired) electrons. The van der Waals surface area contributed by atoms with Gasteiger partial charge in [-0.1, -0.05) is 6.07 Å². The number of aryl methyl sites for hydroxylation is 1. The minimum atomic E-state index is -0.209. The van der Waals surface area contributed by atoms with Gasteiger partial charge >= 0.3 is 0 Å². The molecule has 5 heteroatoms. The third-order valence-electron chi connectivity index (χ3n) is 3.62.